The van der Waals surface area contributed by atoms with Gasteiger partial charge in [0.2, 0.25) is 24.5 Å². The van der Waals surface area contributed by atoms with E-state index in [0.29, 0.717) is 24.6 Å². The lowest BCUT2D eigenvalue weighted by Gasteiger charge is -2.30. The molecule has 0 spiro atoms. The normalized spacial score (nSPS) is 22.0. The third-order valence-corrected chi connectivity index (χ3v) is 8.27. The Bertz CT molecular complexity index is 1320. The Hall–Kier alpha value is -3.99. The van der Waals surface area contributed by atoms with Gasteiger partial charge < -0.3 is 19.5 Å². The van der Waals surface area contributed by atoms with E-state index in [4.69, 9.17) is 9.47 Å². The largest absolute Gasteiger partial charge is 0.481 e. The first-order valence-corrected chi connectivity index (χ1v) is 14.2. The van der Waals surface area contributed by atoms with E-state index in [0.717, 1.165) is 24.1 Å². The van der Waals surface area contributed by atoms with Crippen LogP contribution in [0.15, 0.2) is 42.7 Å². The number of imide groups is 1. The van der Waals surface area contributed by atoms with Crippen molar-refractivity contribution < 1.29 is 38.3 Å². The molecule has 2 aromatic rings. The number of benzene rings is 1. The van der Waals surface area contributed by atoms with Gasteiger partial charge in [-0.25, -0.2) is 4.57 Å². The van der Waals surface area contributed by atoms with Crippen LogP contribution in [0.5, 0.6) is 11.5 Å². The van der Waals surface area contributed by atoms with Crippen LogP contribution in [0.3, 0.4) is 0 Å². The molecule has 1 N–H and O–H groups in total. The quantitative estimate of drug-likeness (QED) is 0.325. The lowest BCUT2D eigenvalue weighted by Crippen LogP contribution is -2.46. The molecular weight excluding hydrogens is 528 g/mol. The number of aromatic nitrogens is 1. The van der Waals surface area contributed by atoms with Gasteiger partial charge in [0.05, 0.1) is 12.5 Å². The summed E-state index contributed by atoms with van der Waals surface area (Å²) >= 11 is 0. The Morgan fingerprint density at radius 2 is 1.88 bits per heavy atom. The van der Waals surface area contributed by atoms with Crippen LogP contribution in [0.25, 0.3) is 0 Å². The molecule has 5 rings (SSSR count). The molecule has 0 aliphatic carbocycles. The summed E-state index contributed by atoms with van der Waals surface area (Å²) in [4.78, 5) is 56.2. The maximum atomic E-state index is 13.9. The highest BCUT2D eigenvalue weighted by Gasteiger charge is 2.48. The lowest BCUT2D eigenvalue weighted by molar-refractivity contribution is -0.670. The van der Waals surface area contributed by atoms with Gasteiger partial charge in [0.1, 0.15) is 12.7 Å². The van der Waals surface area contributed by atoms with Gasteiger partial charge >= 0.3 is 5.97 Å². The van der Waals surface area contributed by atoms with E-state index >= 15 is 0 Å². The van der Waals surface area contributed by atoms with E-state index in [9.17, 15) is 24.3 Å². The number of hydrogen-bond donors (Lipinski definition) is 1. The maximum absolute atomic E-state index is 13.9. The summed E-state index contributed by atoms with van der Waals surface area (Å²) < 4.78 is 12.9. The highest BCUT2D eigenvalue weighted by atomic mass is 16.7. The summed E-state index contributed by atoms with van der Waals surface area (Å²) in [6, 6.07) is 8.67. The number of nitrogens with zero attached hydrogens (tertiary/aromatic N) is 4. The summed E-state index contributed by atoms with van der Waals surface area (Å²) in [6.07, 6.45) is 6.15. The van der Waals surface area contributed by atoms with Crippen LogP contribution in [-0.4, -0.2) is 77.6 Å². The molecule has 218 valence electrons. The molecule has 4 heterocycles. The number of carboxylic acid groups (broad SMARTS) is 1. The molecule has 0 bridgehead atoms. The SMILES string of the molecule is CCCCN(C(=O)CN1C[C@H](c2ccc3c(c2)OCO3)[C@@H](C(=O)O)[C@@H]1CCN1C(=O)CCC1=O)c1ccc[n+](C)c1. The second-order valence-corrected chi connectivity index (χ2v) is 10.9. The molecule has 1 aromatic carbocycles. The van der Waals surface area contributed by atoms with Gasteiger partial charge in [0, 0.05) is 50.5 Å². The molecule has 0 unspecified atom stereocenters. The number of aliphatic carboxylic acids is 1. The van der Waals surface area contributed by atoms with E-state index in [1.165, 1.54) is 4.90 Å². The summed E-state index contributed by atoms with van der Waals surface area (Å²) in [5.74, 6) is -1.69. The van der Waals surface area contributed by atoms with E-state index in [1.54, 1.807) is 11.0 Å². The second-order valence-electron chi connectivity index (χ2n) is 10.9. The first kappa shape index (κ1) is 28.5. The minimum atomic E-state index is -0.982. The number of anilines is 1. The molecule has 11 heteroatoms. The van der Waals surface area contributed by atoms with Gasteiger partial charge in [0.25, 0.3) is 0 Å². The smallest absolute Gasteiger partial charge is 0.308 e. The summed E-state index contributed by atoms with van der Waals surface area (Å²) in [6.45, 7) is 3.19. The van der Waals surface area contributed by atoms with E-state index in [2.05, 4.69) is 6.92 Å². The Morgan fingerprint density at radius 1 is 1.12 bits per heavy atom. The fourth-order valence-electron chi connectivity index (χ4n) is 6.17. The standard InChI is InChI=1S/C30H36N4O7/c1-3-4-13-33(21-6-5-12-31(2)16-21)28(37)18-32-17-22(20-7-8-24-25(15-20)41-19-40-24)29(30(38)39)23(32)11-14-34-26(35)9-10-27(34)36/h5-8,12,15-16,22-23,29H,3-4,9-11,13-14,17-19H2,1-2H3/p+1/t22-,23+,29-/m1/s1. The van der Waals surface area contributed by atoms with Crippen LogP contribution in [0, 0.1) is 5.92 Å². The monoisotopic (exact) mass is 565 g/mol. The van der Waals surface area contributed by atoms with Crippen LogP contribution in [0.2, 0.25) is 0 Å². The molecule has 3 aliphatic rings. The highest BCUT2D eigenvalue weighted by molar-refractivity contribution is 6.01. The van der Waals surface area contributed by atoms with Crippen LogP contribution >= 0.6 is 0 Å². The topological polar surface area (TPSA) is 121 Å². The Morgan fingerprint density at radius 3 is 2.59 bits per heavy atom. The lowest BCUT2D eigenvalue weighted by atomic mass is 9.84. The first-order chi connectivity index (χ1) is 19.8. The fraction of sp³-hybridized carbons (Fsp3) is 0.500. The average Bonchev–Trinajstić information content (AvgIpc) is 3.64. The zero-order valence-corrected chi connectivity index (χ0v) is 23.5. The molecule has 2 saturated heterocycles. The van der Waals surface area contributed by atoms with Crippen molar-refractivity contribution in [2.45, 2.75) is 51.0 Å². The first-order valence-electron chi connectivity index (χ1n) is 14.2. The van der Waals surface area contributed by atoms with Crippen LogP contribution in [0.1, 0.15) is 50.5 Å². The summed E-state index contributed by atoms with van der Waals surface area (Å²) in [5, 5.41) is 10.5. The van der Waals surface area contributed by atoms with Crippen LogP contribution < -0.4 is 18.9 Å². The van der Waals surface area contributed by atoms with Crippen molar-refractivity contribution in [3.8, 4) is 11.5 Å². The number of carboxylic acids is 1. The minimum absolute atomic E-state index is 0.0136. The molecule has 3 amide bonds. The number of aryl methyl sites for hydroxylation is 1. The zero-order chi connectivity index (χ0) is 29.1. The molecule has 11 nitrogen and oxygen atoms in total. The molecule has 41 heavy (non-hydrogen) atoms. The summed E-state index contributed by atoms with van der Waals surface area (Å²) in [7, 11) is 1.90. The number of rotatable bonds is 11. The zero-order valence-electron chi connectivity index (χ0n) is 23.5. The molecule has 0 radical (unpaired) electrons. The highest BCUT2D eigenvalue weighted by Crippen LogP contribution is 2.43. The molecule has 2 fully saturated rings. The molecule has 1 aromatic heterocycles. The van der Waals surface area contributed by atoms with Crippen molar-refractivity contribution in [1.29, 1.82) is 0 Å². The van der Waals surface area contributed by atoms with Gasteiger partial charge in [-0.15, -0.1) is 0 Å². The number of pyridine rings is 1. The number of hydrogen-bond acceptors (Lipinski definition) is 7. The van der Waals surface area contributed by atoms with Crippen molar-refractivity contribution in [3.05, 3.63) is 48.3 Å². The maximum Gasteiger partial charge on any atom is 0.308 e. The second kappa shape index (κ2) is 12.3. The van der Waals surface area contributed by atoms with E-state index < -0.39 is 23.8 Å². The molecule has 3 atom stereocenters. The molecular formula is C30H37N4O7+. The third kappa shape index (κ3) is 6.04. The van der Waals surface area contributed by atoms with Crippen molar-refractivity contribution in [2.24, 2.45) is 13.0 Å². The Balaban J connectivity index is 1.44. The molecule has 3 aliphatic heterocycles. The average molecular weight is 566 g/mol. The number of carbonyl (C=O) groups excluding carboxylic acids is 3. The number of amides is 3. The predicted octanol–water partition coefficient (Wildman–Crippen LogP) is 2.08. The van der Waals surface area contributed by atoms with E-state index in [-0.39, 0.29) is 56.9 Å². The number of ether oxygens (including phenoxy) is 2. The predicted molar refractivity (Wildman–Crippen MR) is 147 cm³/mol. The van der Waals surface area contributed by atoms with Crippen molar-refractivity contribution in [3.63, 3.8) is 0 Å². The van der Waals surface area contributed by atoms with Crippen LogP contribution in [-0.2, 0) is 26.2 Å². The van der Waals surface area contributed by atoms with Gasteiger partial charge in [-0.2, -0.15) is 0 Å². The molecule has 0 saturated carbocycles. The summed E-state index contributed by atoms with van der Waals surface area (Å²) in [5.41, 5.74) is 1.56. The fourth-order valence-corrected chi connectivity index (χ4v) is 6.17. The van der Waals surface area contributed by atoms with Gasteiger partial charge in [-0.05, 0) is 36.6 Å². The number of carbonyl (C=O) groups is 4. The van der Waals surface area contributed by atoms with Gasteiger partial charge in [0.15, 0.2) is 23.9 Å². The Kier molecular flexibility index (Phi) is 8.53. The minimum Gasteiger partial charge on any atom is -0.481 e. The third-order valence-electron chi connectivity index (χ3n) is 8.27. The number of likely N-dealkylation sites (tertiary alicyclic amines) is 2. The van der Waals surface area contributed by atoms with Crippen LogP contribution in [0.4, 0.5) is 5.69 Å². The Labute approximate surface area is 239 Å². The van der Waals surface area contributed by atoms with Gasteiger partial charge in [-0.3, -0.25) is 29.0 Å². The van der Waals surface area contributed by atoms with E-state index in [1.807, 2.05) is 53.2 Å². The number of fused-ring (bicyclic) bond motifs is 1. The number of unbranched alkanes of at least 4 members (excludes halogenated alkanes) is 1. The van der Waals surface area contributed by atoms with Gasteiger partial charge in [-0.1, -0.05) is 19.4 Å². The van der Waals surface area contributed by atoms with Crippen molar-refractivity contribution >= 4 is 29.4 Å². The van der Waals surface area contributed by atoms with Crippen molar-refractivity contribution in [2.75, 3.05) is 37.9 Å². The van der Waals surface area contributed by atoms with Crippen molar-refractivity contribution in [1.82, 2.24) is 9.80 Å².